The molecule has 0 saturated carbocycles. The summed E-state index contributed by atoms with van der Waals surface area (Å²) in [5.41, 5.74) is 17.4. The molecular formula is C11H16N4O2. The molecule has 6 heteroatoms. The van der Waals surface area contributed by atoms with Crippen molar-refractivity contribution in [3.63, 3.8) is 0 Å². The minimum Gasteiger partial charge on any atom is -0.397 e. The van der Waals surface area contributed by atoms with Gasteiger partial charge >= 0.3 is 0 Å². The highest BCUT2D eigenvalue weighted by Gasteiger charge is 2.04. The molecular weight excluding hydrogens is 220 g/mol. The van der Waals surface area contributed by atoms with E-state index in [4.69, 9.17) is 17.2 Å². The van der Waals surface area contributed by atoms with Crippen LogP contribution in [0, 0.1) is 0 Å². The van der Waals surface area contributed by atoms with Gasteiger partial charge in [-0.25, -0.2) is 0 Å². The van der Waals surface area contributed by atoms with Crippen LogP contribution in [0.5, 0.6) is 0 Å². The normalized spacial score (nSPS) is 9.88. The van der Waals surface area contributed by atoms with Crippen molar-refractivity contribution < 1.29 is 9.59 Å². The smallest absolute Gasteiger partial charge is 0.248 e. The molecule has 6 nitrogen and oxygen atoms in total. The van der Waals surface area contributed by atoms with E-state index < -0.39 is 5.91 Å². The van der Waals surface area contributed by atoms with Crippen LogP contribution in [0.1, 0.15) is 23.2 Å². The lowest BCUT2D eigenvalue weighted by Gasteiger charge is -2.09. The van der Waals surface area contributed by atoms with Gasteiger partial charge < -0.3 is 22.5 Å². The zero-order chi connectivity index (χ0) is 12.8. The van der Waals surface area contributed by atoms with E-state index in [1.54, 1.807) is 12.1 Å². The van der Waals surface area contributed by atoms with Crippen LogP contribution >= 0.6 is 0 Å². The van der Waals surface area contributed by atoms with Gasteiger partial charge in [-0.15, -0.1) is 0 Å². The molecule has 0 fully saturated rings. The van der Waals surface area contributed by atoms with Crippen molar-refractivity contribution in [1.82, 2.24) is 0 Å². The summed E-state index contributed by atoms with van der Waals surface area (Å²) in [5, 5.41) is 3.05. The Kier molecular flexibility index (Phi) is 4.33. The number of primary amides is 2. The lowest BCUT2D eigenvalue weighted by molar-refractivity contribution is -0.118. The number of hydrogen-bond donors (Lipinski definition) is 4. The van der Waals surface area contributed by atoms with E-state index >= 15 is 0 Å². The molecule has 92 valence electrons. The fourth-order valence-electron chi connectivity index (χ4n) is 1.36. The summed E-state index contributed by atoms with van der Waals surface area (Å²) in [6, 6.07) is 4.79. The van der Waals surface area contributed by atoms with Crippen molar-refractivity contribution in [3.05, 3.63) is 23.8 Å². The first-order valence-corrected chi connectivity index (χ1v) is 5.22. The predicted octanol–water partition coefficient (Wildman–Crippen LogP) is 0.0451. The number of nitrogens with one attached hydrogen (secondary N) is 1. The van der Waals surface area contributed by atoms with Crippen LogP contribution in [-0.2, 0) is 4.79 Å². The maximum Gasteiger partial charge on any atom is 0.248 e. The van der Waals surface area contributed by atoms with Crippen LogP contribution in [0.15, 0.2) is 18.2 Å². The molecule has 0 unspecified atom stereocenters. The van der Waals surface area contributed by atoms with E-state index in [0.717, 1.165) is 0 Å². The molecule has 0 atom stereocenters. The fraction of sp³-hybridized carbons (Fsp3) is 0.273. The summed E-state index contributed by atoms with van der Waals surface area (Å²) < 4.78 is 0. The summed E-state index contributed by atoms with van der Waals surface area (Å²) in [5.74, 6) is -0.846. The van der Waals surface area contributed by atoms with Gasteiger partial charge in [0.15, 0.2) is 0 Å². The number of carbonyl (C=O) groups excluding carboxylic acids is 2. The van der Waals surface area contributed by atoms with Crippen molar-refractivity contribution in [1.29, 1.82) is 0 Å². The number of nitrogen functional groups attached to an aromatic ring is 1. The highest BCUT2D eigenvalue weighted by atomic mass is 16.1. The first-order valence-electron chi connectivity index (χ1n) is 5.22. The Balaban J connectivity index is 2.54. The SMILES string of the molecule is NC(=O)CCCNc1ccc(C(N)=O)cc1N. The first kappa shape index (κ1) is 12.8. The molecule has 1 rings (SSSR count). The van der Waals surface area contributed by atoms with Crippen molar-refractivity contribution in [2.75, 3.05) is 17.6 Å². The molecule has 0 aromatic heterocycles. The standard InChI is InChI=1S/C11H16N4O2/c12-8-6-7(11(14)17)3-4-9(8)15-5-1-2-10(13)16/h3-4,6,15H,1-2,5,12H2,(H2,13,16)(H2,14,17). The molecule has 0 saturated heterocycles. The van der Waals surface area contributed by atoms with Gasteiger partial charge in [-0.3, -0.25) is 9.59 Å². The third-order valence-corrected chi connectivity index (χ3v) is 2.25. The molecule has 0 radical (unpaired) electrons. The largest absolute Gasteiger partial charge is 0.397 e. The van der Waals surface area contributed by atoms with E-state index in [9.17, 15) is 9.59 Å². The molecule has 7 N–H and O–H groups in total. The Morgan fingerprint density at radius 3 is 2.47 bits per heavy atom. The lowest BCUT2D eigenvalue weighted by Crippen LogP contribution is -2.14. The highest BCUT2D eigenvalue weighted by molar-refractivity contribution is 5.94. The Labute approximate surface area is 99.1 Å². The van der Waals surface area contributed by atoms with Gasteiger partial charge in [0.1, 0.15) is 0 Å². The number of hydrogen-bond acceptors (Lipinski definition) is 4. The minimum absolute atomic E-state index is 0.326. The number of anilines is 2. The van der Waals surface area contributed by atoms with Crippen molar-refractivity contribution >= 4 is 23.2 Å². The van der Waals surface area contributed by atoms with Crippen LogP contribution < -0.4 is 22.5 Å². The molecule has 0 aliphatic rings. The zero-order valence-corrected chi connectivity index (χ0v) is 9.40. The summed E-state index contributed by atoms with van der Waals surface area (Å²) in [6.45, 7) is 0.586. The third kappa shape index (κ3) is 4.02. The first-order chi connectivity index (χ1) is 8.00. The number of benzene rings is 1. The van der Waals surface area contributed by atoms with Gasteiger partial charge in [-0.05, 0) is 24.6 Å². The second-order valence-corrected chi connectivity index (χ2v) is 3.66. The average Bonchev–Trinajstić information content (AvgIpc) is 2.25. The number of rotatable bonds is 6. The van der Waals surface area contributed by atoms with E-state index in [0.29, 0.717) is 36.3 Å². The zero-order valence-electron chi connectivity index (χ0n) is 9.40. The van der Waals surface area contributed by atoms with Crippen LogP contribution in [0.25, 0.3) is 0 Å². The number of carbonyl (C=O) groups is 2. The van der Waals surface area contributed by atoms with Crippen molar-refractivity contribution in [3.8, 4) is 0 Å². The van der Waals surface area contributed by atoms with Crippen molar-refractivity contribution in [2.24, 2.45) is 11.5 Å². The average molecular weight is 236 g/mol. The van der Waals surface area contributed by atoms with Gasteiger partial charge in [0.05, 0.1) is 11.4 Å². The second-order valence-electron chi connectivity index (χ2n) is 3.66. The summed E-state index contributed by atoms with van der Waals surface area (Å²) >= 11 is 0. The number of amides is 2. The Hall–Kier alpha value is -2.24. The van der Waals surface area contributed by atoms with Gasteiger partial charge in [-0.2, -0.15) is 0 Å². The summed E-state index contributed by atoms with van der Waals surface area (Å²) in [6.07, 6.45) is 0.957. The molecule has 1 aromatic carbocycles. The fourth-order valence-corrected chi connectivity index (χ4v) is 1.36. The minimum atomic E-state index is -0.517. The highest BCUT2D eigenvalue weighted by Crippen LogP contribution is 2.19. The van der Waals surface area contributed by atoms with E-state index in [2.05, 4.69) is 5.32 Å². The second kappa shape index (κ2) is 5.74. The Bertz CT molecular complexity index is 431. The van der Waals surface area contributed by atoms with Crippen LogP contribution in [-0.4, -0.2) is 18.4 Å². The Morgan fingerprint density at radius 2 is 1.94 bits per heavy atom. The maximum atomic E-state index is 10.9. The van der Waals surface area contributed by atoms with E-state index in [1.165, 1.54) is 6.07 Å². The topological polar surface area (TPSA) is 124 Å². The molecule has 0 aliphatic heterocycles. The monoisotopic (exact) mass is 236 g/mol. The van der Waals surface area contributed by atoms with Crippen LogP contribution in [0.3, 0.4) is 0 Å². The van der Waals surface area contributed by atoms with Gasteiger partial charge in [0.25, 0.3) is 0 Å². The molecule has 0 heterocycles. The third-order valence-electron chi connectivity index (χ3n) is 2.25. The maximum absolute atomic E-state index is 10.9. The molecule has 0 spiro atoms. The molecule has 0 bridgehead atoms. The predicted molar refractivity (Wildman–Crippen MR) is 66.3 cm³/mol. The molecule has 0 aliphatic carbocycles. The molecule has 2 amide bonds. The molecule has 17 heavy (non-hydrogen) atoms. The summed E-state index contributed by atoms with van der Waals surface area (Å²) in [4.78, 5) is 21.4. The van der Waals surface area contributed by atoms with Gasteiger partial charge in [0, 0.05) is 18.5 Å². The van der Waals surface area contributed by atoms with E-state index in [-0.39, 0.29) is 5.91 Å². The van der Waals surface area contributed by atoms with Gasteiger partial charge in [-0.1, -0.05) is 0 Å². The number of nitrogens with two attached hydrogens (primary N) is 3. The van der Waals surface area contributed by atoms with Crippen molar-refractivity contribution in [2.45, 2.75) is 12.8 Å². The van der Waals surface area contributed by atoms with Gasteiger partial charge in [0.2, 0.25) is 11.8 Å². The molecule has 1 aromatic rings. The van der Waals surface area contributed by atoms with Crippen LogP contribution in [0.2, 0.25) is 0 Å². The quantitative estimate of drug-likeness (QED) is 0.411. The Morgan fingerprint density at radius 1 is 1.24 bits per heavy atom. The van der Waals surface area contributed by atoms with E-state index in [1.807, 2.05) is 0 Å². The van der Waals surface area contributed by atoms with Crippen LogP contribution in [0.4, 0.5) is 11.4 Å². The lowest BCUT2D eigenvalue weighted by atomic mass is 10.1. The summed E-state index contributed by atoms with van der Waals surface area (Å²) in [7, 11) is 0.